The van der Waals surface area contributed by atoms with Crippen molar-refractivity contribution in [2.45, 2.75) is 38.7 Å². The van der Waals surface area contributed by atoms with Crippen LogP contribution in [0.15, 0.2) is 18.3 Å². The molecule has 0 aromatic carbocycles. The maximum Gasteiger partial charge on any atom is 0.410 e. The van der Waals surface area contributed by atoms with E-state index in [4.69, 9.17) is 4.74 Å². The van der Waals surface area contributed by atoms with Gasteiger partial charge in [-0.25, -0.2) is 4.79 Å². The molecule has 0 saturated carbocycles. The highest BCUT2D eigenvalue weighted by Crippen LogP contribution is 2.35. The summed E-state index contributed by atoms with van der Waals surface area (Å²) in [6.07, 6.45) is 1.30. The van der Waals surface area contributed by atoms with Gasteiger partial charge in [-0.05, 0) is 39.3 Å². The number of pyridine rings is 1. The topological polar surface area (TPSA) is 66.2 Å². The van der Waals surface area contributed by atoms with Crippen molar-refractivity contribution in [2.75, 3.05) is 13.1 Å². The van der Waals surface area contributed by atoms with Gasteiger partial charge in [0.15, 0.2) is 0 Å². The number of hydrogen-bond donors (Lipinski definition) is 0. The summed E-state index contributed by atoms with van der Waals surface area (Å²) >= 11 is 0. The second-order valence-corrected chi connectivity index (χ2v) is 6.20. The van der Waals surface area contributed by atoms with Crippen LogP contribution in [0.2, 0.25) is 0 Å². The van der Waals surface area contributed by atoms with Crippen molar-refractivity contribution in [3.05, 3.63) is 29.6 Å². The van der Waals surface area contributed by atoms with Crippen molar-refractivity contribution < 1.29 is 9.53 Å². The van der Waals surface area contributed by atoms with Gasteiger partial charge in [0.25, 0.3) is 0 Å². The number of amides is 1. The van der Waals surface area contributed by atoms with Crippen molar-refractivity contribution in [3.63, 3.8) is 0 Å². The minimum Gasteiger partial charge on any atom is -0.444 e. The van der Waals surface area contributed by atoms with Gasteiger partial charge in [0, 0.05) is 6.20 Å². The first-order valence-corrected chi connectivity index (χ1v) is 6.59. The van der Waals surface area contributed by atoms with Crippen LogP contribution in [-0.4, -0.2) is 34.7 Å². The van der Waals surface area contributed by atoms with Crippen molar-refractivity contribution in [2.24, 2.45) is 0 Å². The quantitative estimate of drug-likeness (QED) is 0.788. The van der Waals surface area contributed by atoms with E-state index in [-0.39, 0.29) is 6.09 Å². The first-order chi connectivity index (χ1) is 9.27. The first-order valence-electron chi connectivity index (χ1n) is 6.59. The first kappa shape index (κ1) is 14.3. The molecule has 2 heterocycles. The fraction of sp³-hybridized carbons (Fsp3) is 0.533. The van der Waals surface area contributed by atoms with Crippen molar-refractivity contribution >= 4 is 6.09 Å². The van der Waals surface area contributed by atoms with E-state index in [9.17, 15) is 10.1 Å². The highest BCUT2D eigenvalue weighted by Gasteiger charge is 2.50. The maximum absolute atomic E-state index is 11.9. The Morgan fingerprint density at radius 1 is 1.50 bits per heavy atom. The fourth-order valence-electron chi connectivity index (χ4n) is 2.32. The molecule has 2 rings (SSSR count). The largest absolute Gasteiger partial charge is 0.444 e. The van der Waals surface area contributed by atoms with Crippen LogP contribution in [0.25, 0.3) is 0 Å². The molecule has 1 aliphatic heterocycles. The van der Waals surface area contributed by atoms with E-state index in [2.05, 4.69) is 11.1 Å². The molecular weight excluding hydrogens is 254 g/mol. The number of likely N-dealkylation sites (tertiary alicyclic amines) is 1. The van der Waals surface area contributed by atoms with Crippen LogP contribution in [0.4, 0.5) is 4.79 Å². The van der Waals surface area contributed by atoms with Gasteiger partial charge in [0.2, 0.25) is 0 Å². The van der Waals surface area contributed by atoms with Gasteiger partial charge in [0.1, 0.15) is 11.0 Å². The van der Waals surface area contributed by atoms with Gasteiger partial charge in [-0.1, -0.05) is 6.07 Å². The lowest BCUT2D eigenvalue weighted by Crippen LogP contribution is -2.61. The number of aryl methyl sites for hydroxylation is 1. The molecule has 106 valence electrons. The minimum absolute atomic E-state index is 0.330. The minimum atomic E-state index is -0.706. The van der Waals surface area contributed by atoms with Gasteiger partial charge in [-0.3, -0.25) is 4.98 Å². The molecular formula is C15H19N3O2. The molecule has 1 amide bonds. The Morgan fingerprint density at radius 2 is 2.15 bits per heavy atom. The number of aromatic nitrogens is 1. The molecule has 5 heteroatoms. The predicted octanol–water partition coefficient (Wildman–Crippen LogP) is 2.40. The average Bonchev–Trinajstić information content (AvgIpc) is 2.28. The molecule has 1 aromatic heterocycles. The monoisotopic (exact) mass is 273 g/mol. The second-order valence-electron chi connectivity index (χ2n) is 6.20. The van der Waals surface area contributed by atoms with Crippen LogP contribution in [0.1, 0.15) is 32.0 Å². The molecule has 0 atom stereocenters. The number of rotatable bonds is 1. The Balaban J connectivity index is 2.12. The van der Waals surface area contributed by atoms with E-state index in [1.54, 1.807) is 11.1 Å². The number of ether oxygens (including phenoxy) is 1. The molecule has 0 bridgehead atoms. The lowest BCUT2D eigenvalue weighted by Gasteiger charge is -2.45. The van der Waals surface area contributed by atoms with Gasteiger partial charge >= 0.3 is 6.09 Å². The van der Waals surface area contributed by atoms with E-state index in [1.807, 2.05) is 39.8 Å². The summed E-state index contributed by atoms with van der Waals surface area (Å²) in [4.78, 5) is 17.8. The fourth-order valence-corrected chi connectivity index (χ4v) is 2.32. The third kappa shape index (κ3) is 2.60. The number of nitriles is 1. The summed E-state index contributed by atoms with van der Waals surface area (Å²) in [6, 6.07) is 6.08. The molecule has 0 radical (unpaired) electrons. The van der Waals surface area contributed by atoms with Crippen molar-refractivity contribution in [1.29, 1.82) is 5.26 Å². The maximum atomic E-state index is 11.9. The van der Waals surface area contributed by atoms with Crippen LogP contribution in [0, 0.1) is 18.3 Å². The molecule has 1 aliphatic rings. The Hall–Kier alpha value is -2.09. The van der Waals surface area contributed by atoms with Crippen LogP contribution in [0.5, 0.6) is 0 Å². The van der Waals surface area contributed by atoms with E-state index in [1.165, 1.54) is 0 Å². The molecule has 0 unspecified atom stereocenters. The van der Waals surface area contributed by atoms with Gasteiger partial charge in [0.05, 0.1) is 24.9 Å². The Labute approximate surface area is 119 Å². The summed E-state index contributed by atoms with van der Waals surface area (Å²) in [5.74, 6) is 0. The zero-order valence-corrected chi connectivity index (χ0v) is 12.3. The lowest BCUT2D eigenvalue weighted by molar-refractivity contribution is -0.00109. The summed E-state index contributed by atoms with van der Waals surface area (Å²) in [7, 11) is 0. The molecule has 0 spiro atoms. The third-order valence-electron chi connectivity index (χ3n) is 3.25. The molecule has 1 aromatic rings. The van der Waals surface area contributed by atoms with E-state index >= 15 is 0 Å². The summed E-state index contributed by atoms with van der Waals surface area (Å²) in [5, 5.41) is 9.48. The highest BCUT2D eigenvalue weighted by molar-refractivity contribution is 5.70. The molecule has 5 nitrogen and oxygen atoms in total. The molecule has 1 saturated heterocycles. The molecule has 20 heavy (non-hydrogen) atoms. The SMILES string of the molecule is Cc1cccnc1C1(C#N)CN(C(=O)OC(C)(C)C)C1. The number of nitrogens with zero attached hydrogens (tertiary/aromatic N) is 3. The van der Waals surface area contributed by atoms with Gasteiger partial charge in [-0.15, -0.1) is 0 Å². The summed E-state index contributed by atoms with van der Waals surface area (Å²) in [5.41, 5.74) is 0.491. The van der Waals surface area contributed by atoms with Crippen LogP contribution >= 0.6 is 0 Å². The number of carbonyl (C=O) groups excluding carboxylic acids is 1. The second kappa shape index (κ2) is 4.78. The lowest BCUT2D eigenvalue weighted by atomic mass is 9.76. The highest BCUT2D eigenvalue weighted by atomic mass is 16.6. The number of hydrogen-bond acceptors (Lipinski definition) is 4. The predicted molar refractivity (Wildman–Crippen MR) is 74.1 cm³/mol. The molecule has 0 N–H and O–H groups in total. The Kier molecular flexibility index (Phi) is 3.43. The average molecular weight is 273 g/mol. The summed E-state index contributed by atoms with van der Waals surface area (Å²) in [6.45, 7) is 8.06. The Bertz CT molecular complexity index is 563. The zero-order chi connectivity index (χ0) is 15.0. The van der Waals surface area contributed by atoms with Crippen molar-refractivity contribution in [1.82, 2.24) is 9.88 Å². The van der Waals surface area contributed by atoms with Crippen LogP contribution in [-0.2, 0) is 10.2 Å². The van der Waals surface area contributed by atoms with Crippen LogP contribution < -0.4 is 0 Å². The van der Waals surface area contributed by atoms with E-state index in [0.717, 1.165) is 11.3 Å². The summed E-state index contributed by atoms with van der Waals surface area (Å²) < 4.78 is 5.30. The normalized spacial score (nSPS) is 17.1. The van der Waals surface area contributed by atoms with Gasteiger partial charge in [-0.2, -0.15) is 5.26 Å². The Morgan fingerprint density at radius 3 is 2.65 bits per heavy atom. The smallest absolute Gasteiger partial charge is 0.410 e. The molecule has 0 aliphatic carbocycles. The molecule has 1 fully saturated rings. The third-order valence-corrected chi connectivity index (χ3v) is 3.25. The van der Waals surface area contributed by atoms with E-state index in [0.29, 0.717) is 13.1 Å². The van der Waals surface area contributed by atoms with Gasteiger partial charge < -0.3 is 9.64 Å². The van der Waals surface area contributed by atoms with E-state index < -0.39 is 11.0 Å². The zero-order valence-electron chi connectivity index (χ0n) is 12.3. The van der Waals surface area contributed by atoms with Crippen molar-refractivity contribution in [3.8, 4) is 6.07 Å². The standard InChI is InChI=1S/C15H19N3O2/c1-11-6-5-7-17-12(11)15(8-16)9-18(10-15)13(19)20-14(2,3)4/h5-7H,9-10H2,1-4H3. The van der Waals surface area contributed by atoms with Crippen LogP contribution in [0.3, 0.4) is 0 Å². The number of carbonyl (C=O) groups is 1.